The van der Waals surface area contributed by atoms with Crippen LogP contribution in [0.3, 0.4) is 0 Å². The van der Waals surface area contributed by atoms with Gasteiger partial charge in [0.15, 0.2) is 5.58 Å². The zero-order valence-corrected chi connectivity index (χ0v) is 32.4. The second-order valence-electron chi connectivity index (χ2n) is 13.9. The number of fused-ring (bicyclic) bond motifs is 2. The van der Waals surface area contributed by atoms with Gasteiger partial charge in [0.25, 0.3) is 0 Å². The molecular weight excluding hydrogens is 767 g/mol. The van der Waals surface area contributed by atoms with Gasteiger partial charge in [0, 0.05) is 30.6 Å². The molecule has 16 heteroatoms. The van der Waals surface area contributed by atoms with Crippen LogP contribution < -0.4 is 16.6 Å². The van der Waals surface area contributed by atoms with Crippen LogP contribution in [0.5, 0.6) is 5.75 Å². The van der Waals surface area contributed by atoms with Gasteiger partial charge in [-0.2, -0.15) is 0 Å². The molecule has 0 unspecified atom stereocenters. The summed E-state index contributed by atoms with van der Waals surface area (Å²) in [6.45, 7) is 2.15. The first kappa shape index (κ1) is 42.4. The van der Waals surface area contributed by atoms with Crippen molar-refractivity contribution in [3.63, 3.8) is 0 Å². The third kappa shape index (κ3) is 8.96. The maximum atomic E-state index is 13.4. The van der Waals surface area contributed by atoms with E-state index in [4.69, 9.17) is 9.15 Å². The fourth-order valence-electron chi connectivity index (χ4n) is 7.40. The number of phenols is 1. The molecule has 4 aromatic heterocycles. The number of nitrogens with one attached hydrogen (secondary N) is 2. The Hall–Kier alpha value is -4.71. The van der Waals surface area contributed by atoms with Crippen LogP contribution in [-0.2, 0) is 28.1 Å². The number of benzene rings is 2. The Balaban J connectivity index is 0.00000300. The standard InChI is InChI=1S/C40H44N4O8S2.2FH/c1-43(26-8-10-27(11-9-26)51-38(48)40(50,34-5-2-21-53-34)35-6-3-22-54-35)19-4-20-44-30-14-7-25(23-33(30)52-39(44)49)17-18-41-24-32(46)28-12-15-31(45)37-29(28)13-16-36(47)42-37;;/h2-3,5-7,12-16,21-23,26-27,32,41,45-46,50H,4,8-11,17-20,24H2,1H3,(H,42,47);2*1H/t26-,27-,32-;;/m0../s1. The zero-order valence-electron chi connectivity index (χ0n) is 30.7. The number of carbonyl (C=O) groups is 1. The largest absolute Gasteiger partial charge is 0.506 e. The van der Waals surface area contributed by atoms with Crippen LogP contribution in [0.25, 0.3) is 22.0 Å². The first-order valence-electron chi connectivity index (χ1n) is 18.2. The lowest BCUT2D eigenvalue weighted by Gasteiger charge is -2.35. The van der Waals surface area contributed by atoms with Crippen molar-refractivity contribution in [3.05, 3.63) is 119 Å². The number of nitrogens with zero attached hydrogens (tertiary/aromatic N) is 2. The number of aliphatic hydroxyl groups excluding tert-OH is 1. The third-order valence-corrected chi connectivity index (χ3v) is 12.4. The minimum atomic E-state index is -1.80. The molecule has 4 heterocycles. The number of aliphatic hydroxyl groups is 2. The first-order valence-corrected chi connectivity index (χ1v) is 20.0. The number of aromatic nitrogens is 2. The summed E-state index contributed by atoms with van der Waals surface area (Å²) in [7, 11) is 2.09. The van der Waals surface area contributed by atoms with Crippen LogP contribution in [-0.4, -0.2) is 74.6 Å². The van der Waals surface area contributed by atoms with E-state index in [-0.39, 0.29) is 39.1 Å². The lowest BCUT2D eigenvalue weighted by molar-refractivity contribution is -0.169. The summed E-state index contributed by atoms with van der Waals surface area (Å²) in [4.78, 5) is 43.9. The minimum Gasteiger partial charge on any atom is -0.506 e. The summed E-state index contributed by atoms with van der Waals surface area (Å²) in [5, 5.41) is 40.0. The number of carbonyl (C=O) groups excluding carboxylic acids is 1. The minimum absolute atomic E-state index is 0. The number of aromatic amines is 1. The summed E-state index contributed by atoms with van der Waals surface area (Å²) < 4.78 is 13.2. The Kier molecular flexibility index (Phi) is 14.0. The van der Waals surface area contributed by atoms with Gasteiger partial charge in [-0.25, -0.2) is 9.59 Å². The van der Waals surface area contributed by atoms with Gasteiger partial charge in [0.1, 0.15) is 11.9 Å². The lowest BCUT2D eigenvalue weighted by Crippen LogP contribution is -2.42. The molecule has 0 bridgehead atoms. The van der Waals surface area contributed by atoms with Gasteiger partial charge in [-0.15, -0.1) is 22.7 Å². The second-order valence-corrected chi connectivity index (χ2v) is 15.8. The van der Waals surface area contributed by atoms with Gasteiger partial charge in [0.05, 0.1) is 26.9 Å². The Labute approximate surface area is 328 Å². The number of rotatable bonds is 15. The molecule has 1 aliphatic carbocycles. The summed E-state index contributed by atoms with van der Waals surface area (Å²) in [6, 6.07) is 19.3. The summed E-state index contributed by atoms with van der Waals surface area (Å²) in [6.07, 6.45) is 3.47. The number of aromatic hydroxyl groups is 1. The number of pyridine rings is 1. The molecule has 1 atom stereocenters. The molecule has 1 fully saturated rings. The Bertz CT molecular complexity index is 2280. The molecular formula is C40H46F2N4O8S2. The van der Waals surface area contributed by atoms with E-state index in [1.54, 1.807) is 28.8 Å². The normalized spacial score (nSPS) is 16.4. The number of thiophene rings is 2. The molecule has 0 saturated heterocycles. The van der Waals surface area contributed by atoms with Gasteiger partial charge in [-0.3, -0.25) is 18.8 Å². The molecule has 5 N–H and O–H groups in total. The maximum absolute atomic E-state index is 13.4. The maximum Gasteiger partial charge on any atom is 0.419 e. The fourth-order valence-corrected chi connectivity index (χ4v) is 9.12. The number of hydrogen-bond acceptors (Lipinski definition) is 12. The molecule has 12 nitrogen and oxygen atoms in total. The average molecular weight is 813 g/mol. The monoisotopic (exact) mass is 812 g/mol. The molecule has 0 spiro atoms. The number of oxazole rings is 1. The van der Waals surface area contributed by atoms with E-state index in [0.717, 1.165) is 36.9 Å². The highest BCUT2D eigenvalue weighted by atomic mass is 32.1. The van der Waals surface area contributed by atoms with E-state index >= 15 is 0 Å². The van der Waals surface area contributed by atoms with E-state index in [9.17, 15) is 29.7 Å². The summed E-state index contributed by atoms with van der Waals surface area (Å²) in [5.41, 5.74) is 1.04. The molecule has 1 aliphatic rings. The van der Waals surface area contributed by atoms with E-state index < -0.39 is 17.7 Å². The van der Waals surface area contributed by atoms with Crippen LogP contribution in [0, 0.1) is 0 Å². The number of esters is 1. The number of hydrogen-bond donors (Lipinski definition) is 5. The third-order valence-electron chi connectivity index (χ3n) is 10.4. The van der Waals surface area contributed by atoms with Crippen molar-refractivity contribution in [1.82, 2.24) is 19.8 Å². The predicted octanol–water partition coefficient (Wildman–Crippen LogP) is 5.55. The highest BCUT2D eigenvalue weighted by Gasteiger charge is 2.45. The number of halogens is 2. The van der Waals surface area contributed by atoms with Gasteiger partial charge in [-0.05, 0) is 117 Å². The molecule has 6 aromatic rings. The van der Waals surface area contributed by atoms with E-state index in [0.29, 0.717) is 70.2 Å². The van der Waals surface area contributed by atoms with Gasteiger partial charge >= 0.3 is 11.7 Å². The highest BCUT2D eigenvalue weighted by molar-refractivity contribution is 7.12. The van der Waals surface area contributed by atoms with Crippen LogP contribution in [0.15, 0.2) is 91.5 Å². The van der Waals surface area contributed by atoms with Crippen molar-refractivity contribution in [1.29, 1.82) is 0 Å². The first-order chi connectivity index (χ1) is 26.1. The Morgan fingerprint density at radius 1 is 1.04 bits per heavy atom. The SMILES string of the molecule is CN(CCCn1c(=O)oc2cc(CCNC[C@H](O)c3ccc(O)c4[nH]c(=O)ccc34)ccc21)[C@H]1CC[C@H](OC(=O)C(O)(c2cccs2)c2cccs2)CC1.F.F. The number of aryl methyl sites for hydroxylation is 1. The Morgan fingerprint density at radius 2 is 1.75 bits per heavy atom. The quantitative estimate of drug-likeness (QED) is 0.0655. The lowest BCUT2D eigenvalue weighted by atomic mass is 9.91. The van der Waals surface area contributed by atoms with Crippen molar-refractivity contribution >= 4 is 50.6 Å². The van der Waals surface area contributed by atoms with Crippen LogP contribution in [0.4, 0.5) is 9.41 Å². The van der Waals surface area contributed by atoms with E-state index in [2.05, 4.69) is 22.2 Å². The smallest absolute Gasteiger partial charge is 0.419 e. The number of H-pyrrole nitrogens is 1. The van der Waals surface area contributed by atoms with Crippen molar-refractivity contribution < 1.29 is 38.7 Å². The molecule has 7 rings (SSSR count). The van der Waals surface area contributed by atoms with E-state index in [1.165, 1.54) is 34.8 Å². The molecule has 300 valence electrons. The second kappa shape index (κ2) is 18.5. The van der Waals surface area contributed by atoms with E-state index in [1.807, 2.05) is 41.1 Å². The van der Waals surface area contributed by atoms with Crippen molar-refractivity contribution in [2.24, 2.45) is 0 Å². The van der Waals surface area contributed by atoms with Crippen molar-refractivity contribution in [2.45, 2.75) is 68.9 Å². The molecule has 0 radical (unpaired) electrons. The molecule has 0 aliphatic heterocycles. The highest BCUT2D eigenvalue weighted by Crippen LogP contribution is 2.38. The number of phenolic OH excluding ortho intramolecular Hbond substituents is 1. The molecule has 56 heavy (non-hydrogen) atoms. The zero-order chi connectivity index (χ0) is 37.8. The molecule has 1 saturated carbocycles. The summed E-state index contributed by atoms with van der Waals surface area (Å²) in [5.74, 6) is -1.06. The van der Waals surface area contributed by atoms with Gasteiger partial charge in [-0.1, -0.05) is 24.3 Å². The summed E-state index contributed by atoms with van der Waals surface area (Å²) >= 11 is 2.67. The van der Waals surface area contributed by atoms with Gasteiger partial charge in [0.2, 0.25) is 11.2 Å². The predicted molar refractivity (Wildman–Crippen MR) is 214 cm³/mol. The van der Waals surface area contributed by atoms with Crippen LogP contribution in [0.1, 0.15) is 59.1 Å². The fraction of sp³-hybridized carbons (Fsp3) is 0.375. The average Bonchev–Trinajstić information content (AvgIpc) is 3.97. The van der Waals surface area contributed by atoms with Crippen LogP contribution in [0.2, 0.25) is 0 Å². The molecule has 2 aromatic carbocycles. The van der Waals surface area contributed by atoms with Gasteiger partial charge < -0.3 is 39.7 Å². The van der Waals surface area contributed by atoms with Crippen LogP contribution >= 0.6 is 22.7 Å². The topological polar surface area (TPSA) is 170 Å². The Morgan fingerprint density at radius 3 is 2.43 bits per heavy atom. The molecule has 0 amide bonds. The van der Waals surface area contributed by atoms with Crippen molar-refractivity contribution in [2.75, 3.05) is 26.7 Å². The number of ether oxygens (including phenoxy) is 1. The van der Waals surface area contributed by atoms with Crippen molar-refractivity contribution in [3.8, 4) is 5.75 Å².